The average Bonchev–Trinajstić information content (AvgIpc) is 2.43. The smallest absolute Gasteiger partial charge is 0.390 e. The van der Waals surface area contributed by atoms with Crippen LogP contribution in [0.2, 0.25) is 0 Å². The quantitative estimate of drug-likeness (QED) is 0.805. The fourth-order valence-electron chi connectivity index (χ4n) is 5.41. The van der Waals surface area contributed by atoms with E-state index in [9.17, 15) is 18.3 Å². The number of hydrogen-bond donors (Lipinski definition) is 2. The molecule has 0 amide bonds. The minimum Gasteiger partial charge on any atom is -0.390 e. The van der Waals surface area contributed by atoms with E-state index in [1.807, 2.05) is 0 Å². The molecule has 0 spiro atoms. The molecule has 8 heteroatoms. The van der Waals surface area contributed by atoms with Crippen LogP contribution < -0.4 is 5.32 Å². The maximum Gasteiger partial charge on any atom is 0.433 e. The Bertz CT molecular complexity index is 652. The van der Waals surface area contributed by atoms with Crippen LogP contribution in [0.25, 0.3) is 0 Å². The van der Waals surface area contributed by atoms with Gasteiger partial charge in [0.1, 0.15) is 0 Å². The molecule has 4 fully saturated rings. The van der Waals surface area contributed by atoms with E-state index < -0.39 is 23.0 Å². The lowest BCUT2D eigenvalue weighted by atomic mass is 9.51. The van der Waals surface area contributed by atoms with E-state index in [0.29, 0.717) is 18.3 Å². The summed E-state index contributed by atoms with van der Waals surface area (Å²) in [4.78, 5) is 7.73. The molecule has 132 valence electrons. The lowest BCUT2D eigenvalue weighted by Gasteiger charge is -2.60. The molecular weight excluding hydrogens is 343 g/mol. The Labute approximate surface area is 142 Å². The highest BCUT2D eigenvalue weighted by atomic mass is 35.5. The van der Waals surface area contributed by atoms with Gasteiger partial charge in [-0.15, -0.1) is 11.6 Å². The zero-order valence-corrected chi connectivity index (χ0v) is 13.8. The van der Waals surface area contributed by atoms with Crippen LogP contribution in [0.5, 0.6) is 0 Å². The Kier molecular flexibility index (Phi) is 3.56. The normalized spacial score (nSPS) is 37.7. The number of nitrogens with one attached hydrogen (secondary N) is 1. The molecule has 2 atom stereocenters. The first kappa shape index (κ1) is 16.4. The number of aromatic nitrogens is 2. The molecule has 2 unspecified atom stereocenters. The first-order valence-corrected chi connectivity index (χ1v) is 8.73. The summed E-state index contributed by atoms with van der Waals surface area (Å²) in [5.74, 6) is 0.534. The molecule has 1 aromatic heterocycles. The van der Waals surface area contributed by atoms with Crippen LogP contribution in [0.1, 0.15) is 49.8 Å². The number of anilines is 1. The van der Waals surface area contributed by atoms with Gasteiger partial charge in [0.2, 0.25) is 5.95 Å². The number of aliphatic hydroxyl groups is 1. The molecule has 2 N–H and O–H groups in total. The van der Waals surface area contributed by atoms with E-state index in [-0.39, 0.29) is 17.4 Å². The highest BCUT2D eigenvalue weighted by Crippen LogP contribution is 2.58. The molecule has 4 bridgehead atoms. The van der Waals surface area contributed by atoms with Crippen LogP contribution in [-0.2, 0) is 12.1 Å². The fraction of sp³-hybridized carbons (Fsp3) is 0.750. The Morgan fingerprint density at radius 2 is 1.92 bits per heavy atom. The molecule has 1 aromatic rings. The van der Waals surface area contributed by atoms with Crippen molar-refractivity contribution >= 4 is 17.5 Å². The first-order chi connectivity index (χ1) is 11.2. The van der Waals surface area contributed by atoms with Gasteiger partial charge in [0.15, 0.2) is 5.69 Å². The summed E-state index contributed by atoms with van der Waals surface area (Å²) in [6.07, 6.45) is 1.53. The Morgan fingerprint density at radius 3 is 2.46 bits per heavy atom. The van der Waals surface area contributed by atoms with Gasteiger partial charge in [0, 0.05) is 17.3 Å². The van der Waals surface area contributed by atoms with Crippen molar-refractivity contribution in [2.24, 2.45) is 11.8 Å². The second kappa shape index (κ2) is 5.21. The molecule has 0 aliphatic heterocycles. The topological polar surface area (TPSA) is 58.0 Å². The first-order valence-electron chi connectivity index (χ1n) is 8.20. The molecule has 4 aliphatic carbocycles. The summed E-state index contributed by atoms with van der Waals surface area (Å²) >= 11 is 5.57. The Hall–Kier alpha value is -1.08. The summed E-state index contributed by atoms with van der Waals surface area (Å²) in [7, 11) is 0. The number of hydrogen-bond acceptors (Lipinski definition) is 4. The van der Waals surface area contributed by atoms with E-state index in [0.717, 1.165) is 38.3 Å². The van der Waals surface area contributed by atoms with Crippen molar-refractivity contribution in [3.05, 3.63) is 17.5 Å². The summed E-state index contributed by atoms with van der Waals surface area (Å²) in [5.41, 5.74) is -2.21. The van der Waals surface area contributed by atoms with Crippen molar-refractivity contribution < 1.29 is 18.3 Å². The average molecular weight is 362 g/mol. The van der Waals surface area contributed by atoms with Crippen molar-refractivity contribution in [2.45, 2.75) is 61.7 Å². The van der Waals surface area contributed by atoms with Gasteiger partial charge in [0.05, 0.1) is 11.5 Å². The van der Waals surface area contributed by atoms with Crippen molar-refractivity contribution in [2.75, 3.05) is 5.32 Å². The van der Waals surface area contributed by atoms with Gasteiger partial charge in [-0.25, -0.2) is 9.97 Å². The molecule has 0 aromatic carbocycles. The van der Waals surface area contributed by atoms with Gasteiger partial charge in [-0.1, -0.05) is 0 Å². The highest BCUT2D eigenvalue weighted by molar-refractivity contribution is 6.17. The third-order valence-electron chi connectivity index (χ3n) is 5.68. The monoisotopic (exact) mass is 361 g/mol. The summed E-state index contributed by atoms with van der Waals surface area (Å²) in [6.45, 7) is 0. The lowest BCUT2D eigenvalue weighted by Crippen LogP contribution is -2.62. The molecule has 4 nitrogen and oxygen atoms in total. The maximum atomic E-state index is 13.2. The van der Waals surface area contributed by atoms with E-state index in [1.54, 1.807) is 0 Å². The second-order valence-corrected chi connectivity index (χ2v) is 8.06. The van der Waals surface area contributed by atoms with Crippen LogP contribution >= 0.6 is 11.6 Å². The van der Waals surface area contributed by atoms with Crippen LogP contribution in [0.4, 0.5) is 19.1 Å². The molecule has 5 rings (SSSR count). The van der Waals surface area contributed by atoms with Crippen molar-refractivity contribution in [1.29, 1.82) is 0 Å². The molecule has 4 aliphatic rings. The van der Waals surface area contributed by atoms with Gasteiger partial charge in [-0.2, -0.15) is 13.2 Å². The standard InChI is InChI=1S/C16H19ClF3N3O/c17-6-11-7-21-13(22-12(11)16(18,19)20)23-14-2-9-1-10(3-14)5-15(24,4-9)8-14/h7,9-10,24H,1-6,8H2,(H,21,22,23). The van der Waals surface area contributed by atoms with Gasteiger partial charge in [-0.05, 0) is 50.4 Å². The molecule has 24 heavy (non-hydrogen) atoms. The Morgan fingerprint density at radius 1 is 1.25 bits per heavy atom. The zero-order valence-electron chi connectivity index (χ0n) is 13.0. The molecule has 4 saturated carbocycles. The summed E-state index contributed by atoms with van der Waals surface area (Å²) in [5, 5.41) is 13.9. The number of halogens is 4. The summed E-state index contributed by atoms with van der Waals surface area (Å²) in [6, 6.07) is 0. The highest BCUT2D eigenvalue weighted by Gasteiger charge is 2.57. The van der Waals surface area contributed by atoms with Gasteiger partial charge >= 0.3 is 6.18 Å². The van der Waals surface area contributed by atoms with Crippen molar-refractivity contribution in [3.63, 3.8) is 0 Å². The number of nitrogens with zero attached hydrogens (tertiary/aromatic N) is 2. The third kappa shape index (κ3) is 2.75. The largest absolute Gasteiger partial charge is 0.433 e. The number of alkyl halides is 4. The Balaban J connectivity index is 1.64. The maximum absolute atomic E-state index is 13.2. The van der Waals surface area contributed by atoms with E-state index >= 15 is 0 Å². The van der Waals surface area contributed by atoms with E-state index in [1.165, 1.54) is 0 Å². The zero-order chi connectivity index (χ0) is 17.2. The van der Waals surface area contributed by atoms with Gasteiger partial charge < -0.3 is 10.4 Å². The van der Waals surface area contributed by atoms with Crippen LogP contribution in [0, 0.1) is 11.8 Å². The SMILES string of the molecule is OC12CC3CC(C1)CC(Nc1ncc(CCl)c(C(F)(F)F)n1)(C3)C2. The lowest BCUT2D eigenvalue weighted by molar-refractivity contribution is -0.142. The minimum absolute atomic E-state index is 0.0262. The predicted molar refractivity (Wildman–Crippen MR) is 82.6 cm³/mol. The molecule has 0 radical (unpaired) electrons. The fourth-order valence-corrected chi connectivity index (χ4v) is 5.60. The van der Waals surface area contributed by atoms with Crippen molar-refractivity contribution in [1.82, 2.24) is 9.97 Å². The number of rotatable bonds is 3. The van der Waals surface area contributed by atoms with E-state index in [2.05, 4.69) is 15.3 Å². The third-order valence-corrected chi connectivity index (χ3v) is 5.97. The summed E-state index contributed by atoms with van der Waals surface area (Å²) < 4.78 is 39.5. The second-order valence-electron chi connectivity index (χ2n) is 7.79. The van der Waals surface area contributed by atoms with Crippen LogP contribution in [-0.4, -0.2) is 26.2 Å². The van der Waals surface area contributed by atoms with Crippen LogP contribution in [0.3, 0.4) is 0 Å². The molecule has 0 saturated heterocycles. The van der Waals surface area contributed by atoms with Crippen molar-refractivity contribution in [3.8, 4) is 0 Å². The van der Waals surface area contributed by atoms with Gasteiger partial charge in [-0.3, -0.25) is 0 Å². The molecule has 1 heterocycles. The van der Waals surface area contributed by atoms with Crippen LogP contribution in [0.15, 0.2) is 6.20 Å². The molecular formula is C16H19ClF3N3O. The predicted octanol–water partition coefficient (Wildman–Crippen LogP) is 3.73. The minimum atomic E-state index is -4.57. The van der Waals surface area contributed by atoms with E-state index in [4.69, 9.17) is 11.6 Å². The van der Waals surface area contributed by atoms with Gasteiger partial charge in [0.25, 0.3) is 0 Å².